The number of rotatable bonds is 8. The number of aliphatic hydroxyl groups excluding tert-OH is 2. The third-order valence-electron chi connectivity index (χ3n) is 4.01. The number of hydrogen-bond donors (Lipinski definition) is 2. The second kappa shape index (κ2) is 9.03. The zero-order chi connectivity index (χ0) is 20.0. The highest BCUT2D eigenvalue weighted by Crippen LogP contribution is 2.29. The van der Waals surface area contributed by atoms with Crippen LogP contribution < -0.4 is 4.90 Å². The lowest BCUT2D eigenvalue weighted by Gasteiger charge is -2.23. The van der Waals surface area contributed by atoms with Crippen molar-refractivity contribution < 1.29 is 22.5 Å². The van der Waals surface area contributed by atoms with Crippen LogP contribution in [0.4, 0.5) is 20.9 Å². The summed E-state index contributed by atoms with van der Waals surface area (Å²) in [7, 11) is -4.81. The first-order valence-electron chi connectivity index (χ1n) is 8.30. The third kappa shape index (κ3) is 5.56. The predicted octanol–water partition coefficient (Wildman–Crippen LogP) is 3.17. The van der Waals surface area contributed by atoms with Gasteiger partial charge in [0.25, 0.3) is 0 Å². The molecule has 0 radical (unpaired) electrons. The summed E-state index contributed by atoms with van der Waals surface area (Å²) < 4.78 is 35.3. The average Bonchev–Trinajstić information content (AvgIpc) is 2.60. The number of hydrogen-bond acceptors (Lipinski definition) is 7. The van der Waals surface area contributed by atoms with Crippen LogP contribution >= 0.6 is 0 Å². The highest BCUT2D eigenvalue weighted by atomic mass is 32.3. The molecule has 2 aromatic rings. The van der Waals surface area contributed by atoms with Crippen molar-refractivity contribution in [2.75, 3.05) is 31.2 Å². The van der Waals surface area contributed by atoms with E-state index in [2.05, 4.69) is 10.2 Å². The molecule has 0 saturated carbocycles. The Morgan fingerprint density at radius 2 is 1.56 bits per heavy atom. The minimum atomic E-state index is -4.81. The zero-order valence-electron chi connectivity index (χ0n) is 15.1. The Morgan fingerprint density at radius 3 is 2.11 bits per heavy atom. The van der Waals surface area contributed by atoms with Gasteiger partial charge in [-0.3, -0.25) is 0 Å². The van der Waals surface area contributed by atoms with Gasteiger partial charge in [-0.25, -0.2) is 0 Å². The summed E-state index contributed by atoms with van der Waals surface area (Å²) in [5.74, 6) is 0. The van der Waals surface area contributed by atoms with Crippen molar-refractivity contribution in [3.63, 3.8) is 0 Å². The highest BCUT2D eigenvalue weighted by molar-refractivity contribution is 7.86. The fraction of sp³-hybridized carbons (Fsp3) is 0.333. The summed E-state index contributed by atoms with van der Waals surface area (Å²) in [6.45, 7) is 4.28. The molecule has 0 aromatic heterocycles. The zero-order valence-corrected chi connectivity index (χ0v) is 15.9. The van der Waals surface area contributed by atoms with Crippen LogP contribution in [0.3, 0.4) is 0 Å². The maximum absolute atomic E-state index is 13.2. The molecular weight excluding hydrogens is 373 g/mol. The molecule has 0 aliphatic heterocycles. The summed E-state index contributed by atoms with van der Waals surface area (Å²) >= 11 is 0. The van der Waals surface area contributed by atoms with Crippen LogP contribution in [0.25, 0.3) is 0 Å². The lowest BCUT2D eigenvalue weighted by molar-refractivity contribution is 0.281. The van der Waals surface area contributed by atoms with Crippen molar-refractivity contribution in [1.82, 2.24) is 0 Å². The number of nitrogens with zero attached hydrogens (tertiary/aromatic N) is 3. The van der Waals surface area contributed by atoms with Gasteiger partial charge in [0.15, 0.2) is 0 Å². The maximum atomic E-state index is 13.2. The van der Waals surface area contributed by atoms with Crippen molar-refractivity contribution >= 4 is 27.3 Å². The summed E-state index contributed by atoms with van der Waals surface area (Å²) in [4.78, 5) is 1.38. The number of anilines is 1. The Labute approximate surface area is 158 Å². The molecule has 2 aromatic carbocycles. The third-order valence-corrected chi connectivity index (χ3v) is 4.83. The van der Waals surface area contributed by atoms with Crippen molar-refractivity contribution in [3.8, 4) is 0 Å². The molecule has 0 saturated heterocycles. The summed E-state index contributed by atoms with van der Waals surface area (Å²) in [5, 5.41) is 26.5. The second-order valence-corrected chi connectivity index (χ2v) is 7.34. The second-order valence-electron chi connectivity index (χ2n) is 5.99. The standard InChI is InChI=1S/C18H22FN3O4S/c1-13-3-5-16(27(19,25)26)12-18(13)21-20-17-6-4-15(11-14(17)2)22(7-9-23)8-10-24/h3-6,11-12,23-24H,7-10H2,1-2H3. The Bertz CT molecular complexity index is 926. The first-order chi connectivity index (χ1) is 12.8. The van der Waals surface area contributed by atoms with E-state index in [4.69, 9.17) is 10.2 Å². The minimum Gasteiger partial charge on any atom is -0.395 e. The molecule has 0 spiro atoms. The van der Waals surface area contributed by atoms with E-state index < -0.39 is 15.1 Å². The molecule has 27 heavy (non-hydrogen) atoms. The number of azo groups is 1. The Hall–Kier alpha value is -2.36. The van der Waals surface area contributed by atoms with E-state index in [1.54, 1.807) is 19.1 Å². The molecule has 7 nitrogen and oxygen atoms in total. The molecule has 0 atom stereocenters. The molecule has 0 fully saturated rings. The molecule has 0 bridgehead atoms. The van der Waals surface area contributed by atoms with Crippen LogP contribution in [-0.2, 0) is 10.2 Å². The van der Waals surface area contributed by atoms with Crippen LogP contribution in [-0.4, -0.2) is 44.9 Å². The number of aliphatic hydroxyl groups is 2. The molecular formula is C18H22FN3O4S. The molecule has 0 unspecified atom stereocenters. The lowest BCUT2D eigenvalue weighted by Crippen LogP contribution is -2.29. The fourth-order valence-corrected chi connectivity index (χ4v) is 3.00. The quantitative estimate of drug-likeness (QED) is 0.528. The molecule has 9 heteroatoms. The Balaban J connectivity index is 2.30. The number of aryl methyl sites for hydroxylation is 2. The smallest absolute Gasteiger partial charge is 0.332 e. The molecule has 2 rings (SSSR count). The first-order valence-corrected chi connectivity index (χ1v) is 9.69. The first kappa shape index (κ1) is 20.9. The van der Waals surface area contributed by atoms with Crippen molar-refractivity contribution in [2.45, 2.75) is 18.7 Å². The largest absolute Gasteiger partial charge is 0.395 e. The minimum absolute atomic E-state index is 0.0341. The van der Waals surface area contributed by atoms with Gasteiger partial charge in [0.1, 0.15) is 4.90 Å². The van der Waals surface area contributed by atoms with E-state index in [-0.39, 0.29) is 18.9 Å². The van der Waals surface area contributed by atoms with Gasteiger partial charge in [0.05, 0.1) is 24.6 Å². The fourth-order valence-electron chi connectivity index (χ4n) is 2.52. The Morgan fingerprint density at radius 1 is 0.926 bits per heavy atom. The van der Waals surface area contributed by atoms with E-state index in [1.807, 2.05) is 17.9 Å². The average molecular weight is 395 g/mol. The molecule has 0 aliphatic carbocycles. The van der Waals surface area contributed by atoms with E-state index in [1.165, 1.54) is 12.1 Å². The van der Waals surface area contributed by atoms with Crippen molar-refractivity contribution in [3.05, 3.63) is 47.5 Å². The molecule has 0 aliphatic rings. The van der Waals surface area contributed by atoms with E-state index in [0.29, 0.717) is 24.3 Å². The van der Waals surface area contributed by atoms with Gasteiger partial charge in [-0.2, -0.15) is 18.6 Å². The van der Waals surface area contributed by atoms with Crippen LogP contribution in [0, 0.1) is 13.8 Å². The van der Waals surface area contributed by atoms with E-state index in [0.717, 1.165) is 17.3 Å². The van der Waals surface area contributed by atoms with Gasteiger partial charge < -0.3 is 15.1 Å². The number of benzene rings is 2. The molecule has 0 amide bonds. The predicted molar refractivity (Wildman–Crippen MR) is 101 cm³/mol. The number of halogens is 1. The molecule has 146 valence electrons. The SMILES string of the molecule is Cc1cc(N(CCO)CCO)ccc1N=Nc1cc(S(=O)(=O)F)ccc1C. The summed E-state index contributed by atoms with van der Waals surface area (Å²) in [5.41, 5.74) is 3.14. The lowest BCUT2D eigenvalue weighted by atomic mass is 10.1. The normalized spacial score (nSPS) is 11.9. The maximum Gasteiger partial charge on any atom is 0.332 e. The highest BCUT2D eigenvalue weighted by Gasteiger charge is 2.13. The van der Waals surface area contributed by atoms with E-state index >= 15 is 0 Å². The van der Waals surface area contributed by atoms with Crippen molar-refractivity contribution in [1.29, 1.82) is 0 Å². The van der Waals surface area contributed by atoms with Crippen molar-refractivity contribution in [2.24, 2.45) is 10.2 Å². The van der Waals surface area contributed by atoms with Gasteiger partial charge >= 0.3 is 10.2 Å². The van der Waals surface area contributed by atoms with Crippen LogP contribution in [0.1, 0.15) is 11.1 Å². The summed E-state index contributed by atoms with van der Waals surface area (Å²) in [6.07, 6.45) is 0. The van der Waals surface area contributed by atoms with Crippen LogP contribution in [0.2, 0.25) is 0 Å². The van der Waals surface area contributed by atoms with Gasteiger partial charge in [-0.05, 0) is 55.3 Å². The summed E-state index contributed by atoms with van der Waals surface area (Å²) in [6, 6.07) is 9.18. The van der Waals surface area contributed by atoms with Gasteiger partial charge in [-0.1, -0.05) is 6.07 Å². The van der Waals surface area contributed by atoms with Crippen LogP contribution in [0.5, 0.6) is 0 Å². The van der Waals surface area contributed by atoms with Crippen LogP contribution in [0.15, 0.2) is 51.5 Å². The molecule has 0 heterocycles. The molecule has 2 N–H and O–H groups in total. The van der Waals surface area contributed by atoms with Gasteiger partial charge in [-0.15, -0.1) is 3.89 Å². The monoisotopic (exact) mass is 395 g/mol. The van der Waals surface area contributed by atoms with E-state index in [9.17, 15) is 12.3 Å². The topological polar surface area (TPSA) is 103 Å². The Kier molecular flexibility index (Phi) is 7.00. The van der Waals surface area contributed by atoms with Gasteiger partial charge in [0.2, 0.25) is 0 Å². The van der Waals surface area contributed by atoms with Gasteiger partial charge in [0, 0.05) is 18.8 Å².